The number of nitrogens with two attached hydrogens (primary N) is 1. The molecule has 0 saturated heterocycles. The molecule has 0 aliphatic carbocycles. The molecule has 18 heavy (non-hydrogen) atoms. The van der Waals surface area contributed by atoms with E-state index in [4.69, 9.17) is 15.7 Å². The average Bonchev–Trinajstić information content (AvgIpc) is 2.36. The van der Waals surface area contributed by atoms with Gasteiger partial charge in [0.2, 0.25) is 0 Å². The summed E-state index contributed by atoms with van der Waals surface area (Å²) >= 11 is 0. The summed E-state index contributed by atoms with van der Waals surface area (Å²) in [4.78, 5) is 0. The molecule has 1 aromatic carbocycles. The first kappa shape index (κ1) is 12.9. The zero-order chi connectivity index (χ0) is 13.3. The lowest BCUT2D eigenvalue weighted by atomic mass is 9.83. The van der Waals surface area contributed by atoms with Crippen molar-refractivity contribution in [3.8, 4) is 11.8 Å². The molecule has 1 aromatic rings. The normalized spacial score (nSPS) is 30.2. The molecule has 0 fully saturated rings. The molecule has 1 heterocycles. The highest BCUT2D eigenvalue weighted by atomic mass is 16.5. The van der Waals surface area contributed by atoms with Crippen LogP contribution in [0.2, 0.25) is 0 Å². The summed E-state index contributed by atoms with van der Waals surface area (Å²) in [7, 11) is 0. The van der Waals surface area contributed by atoms with E-state index in [1.807, 2.05) is 13.8 Å². The van der Waals surface area contributed by atoms with Crippen LogP contribution in [0.3, 0.4) is 0 Å². The summed E-state index contributed by atoms with van der Waals surface area (Å²) < 4.78 is 5.90. The Morgan fingerprint density at radius 2 is 2.28 bits per heavy atom. The second-order valence-corrected chi connectivity index (χ2v) is 5.00. The molecule has 0 bridgehead atoms. The van der Waals surface area contributed by atoms with Gasteiger partial charge < -0.3 is 15.6 Å². The molecule has 0 aromatic heterocycles. The number of rotatable bonds is 2. The van der Waals surface area contributed by atoms with Gasteiger partial charge in [-0.15, -0.1) is 0 Å². The summed E-state index contributed by atoms with van der Waals surface area (Å²) in [5.41, 5.74) is 6.65. The molecule has 1 aliphatic heterocycles. The highest BCUT2D eigenvalue weighted by Gasteiger charge is 2.43. The van der Waals surface area contributed by atoms with Crippen molar-refractivity contribution < 1.29 is 9.84 Å². The Hall–Kier alpha value is -1.57. The van der Waals surface area contributed by atoms with Gasteiger partial charge in [-0.25, -0.2) is 0 Å². The molecule has 1 unspecified atom stereocenters. The first-order valence-electron chi connectivity index (χ1n) is 6.18. The Morgan fingerprint density at radius 1 is 1.56 bits per heavy atom. The molecule has 2 rings (SSSR count). The zero-order valence-corrected chi connectivity index (χ0v) is 10.7. The minimum Gasteiger partial charge on any atom is -0.484 e. The lowest BCUT2D eigenvalue weighted by molar-refractivity contribution is -0.0745. The lowest BCUT2D eigenvalue weighted by Gasteiger charge is -2.43. The maximum Gasteiger partial charge on any atom is 0.134 e. The van der Waals surface area contributed by atoms with Gasteiger partial charge in [0.1, 0.15) is 17.5 Å². The van der Waals surface area contributed by atoms with Crippen LogP contribution in [0.1, 0.15) is 43.9 Å². The van der Waals surface area contributed by atoms with Crippen LogP contribution in [0.25, 0.3) is 0 Å². The summed E-state index contributed by atoms with van der Waals surface area (Å²) in [6.45, 7) is 3.92. The van der Waals surface area contributed by atoms with Gasteiger partial charge >= 0.3 is 0 Å². The summed E-state index contributed by atoms with van der Waals surface area (Å²) in [5, 5.41) is 19.2. The van der Waals surface area contributed by atoms with Gasteiger partial charge in [-0.2, -0.15) is 5.26 Å². The molecule has 96 valence electrons. The van der Waals surface area contributed by atoms with E-state index in [0.717, 1.165) is 12.8 Å². The molecule has 0 radical (unpaired) electrons. The van der Waals surface area contributed by atoms with E-state index in [2.05, 4.69) is 6.07 Å². The number of benzene rings is 1. The Morgan fingerprint density at radius 3 is 2.89 bits per heavy atom. The fourth-order valence-electron chi connectivity index (χ4n) is 2.53. The van der Waals surface area contributed by atoms with Crippen molar-refractivity contribution in [2.24, 2.45) is 5.73 Å². The van der Waals surface area contributed by atoms with Crippen molar-refractivity contribution in [2.75, 3.05) is 0 Å². The van der Waals surface area contributed by atoms with Crippen molar-refractivity contribution in [3.63, 3.8) is 0 Å². The fraction of sp³-hybridized carbons (Fsp3) is 0.500. The highest BCUT2D eigenvalue weighted by molar-refractivity contribution is 5.46. The number of hydrogen-bond acceptors (Lipinski definition) is 4. The molecule has 1 aliphatic rings. The van der Waals surface area contributed by atoms with E-state index >= 15 is 0 Å². The van der Waals surface area contributed by atoms with Crippen LogP contribution in [0.5, 0.6) is 5.75 Å². The van der Waals surface area contributed by atoms with E-state index in [1.165, 1.54) is 0 Å². The first-order chi connectivity index (χ1) is 8.51. The van der Waals surface area contributed by atoms with Crippen LogP contribution in [0.15, 0.2) is 18.2 Å². The highest BCUT2D eigenvalue weighted by Crippen LogP contribution is 2.40. The predicted octanol–water partition coefficient (Wildman–Crippen LogP) is 1.87. The number of fused-ring (bicyclic) bond motifs is 1. The smallest absolute Gasteiger partial charge is 0.134 e. The molecule has 3 atom stereocenters. The molecule has 3 N–H and O–H groups in total. The quantitative estimate of drug-likeness (QED) is 0.835. The molecular formula is C14H18N2O2. The van der Waals surface area contributed by atoms with E-state index in [9.17, 15) is 5.11 Å². The van der Waals surface area contributed by atoms with Crippen molar-refractivity contribution >= 4 is 0 Å². The van der Waals surface area contributed by atoms with Gasteiger partial charge in [-0.3, -0.25) is 0 Å². The van der Waals surface area contributed by atoms with Crippen molar-refractivity contribution in [3.05, 3.63) is 29.3 Å². The van der Waals surface area contributed by atoms with E-state index in [-0.39, 0.29) is 0 Å². The van der Waals surface area contributed by atoms with Crippen LogP contribution in [0.4, 0.5) is 0 Å². The number of nitriles is 1. The predicted molar refractivity (Wildman–Crippen MR) is 68.0 cm³/mol. The number of ether oxygens (including phenoxy) is 1. The van der Waals surface area contributed by atoms with Crippen LogP contribution in [0, 0.1) is 11.3 Å². The van der Waals surface area contributed by atoms with E-state index in [1.54, 1.807) is 18.2 Å². The minimum atomic E-state index is -0.765. The van der Waals surface area contributed by atoms with Gasteiger partial charge in [-0.05, 0) is 31.5 Å². The maximum absolute atomic E-state index is 10.3. The standard InChI is InChI=1S/C14H18N2O2/c1-3-6-14(2)13(17)12(16)10-7-9(8-15)4-5-11(10)18-14/h4-5,7,12-13,17H,3,6,16H2,1-2H3/t12-,13+,14?/m1/s1. The third kappa shape index (κ3) is 1.96. The summed E-state index contributed by atoms with van der Waals surface area (Å²) in [6, 6.07) is 6.70. The molecule has 0 spiro atoms. The van der Waals surface area contributed by atoms with Crippen molar-refractivity contribution in [1.29, 1.82) is 5.26 Å². The Labute approximate surface area is 107 Å². The molecule has 4 nitrogen and oxygen atoms in total. The van der Waals surface area contributed by atoms with Crippen molar-refractivity contribution in [2.45, 2.75) is 44.4 Å². The van der Waals surface area contributed by atoms with E-state index in [0.29, 0.717) is 16.9 Å². The van der Waals surface area contributed by atoms with Crippen LogP contribution < -0.4 is 10.5 Å². The number of hydrogen-bond donors (Lipinski definition) is 2. The third-order valence-corrected chi connectivity index (χ3v) is 3.55. The molecule has 0 amide bonds. The number of aliphatic hydroxyl groups excluding tert-OH is 1. The van der Waals surface area contributed by atoms with Gasteiger partial charge in [0, 0.05) is 5.56 Å². The van der Waals surface area contributed by atoms with Gasteiger partial charge in [0.25, 0.3) is 0 Å². The number of nitrogens with zero attached hydrogens (tertiary/aromatic N) is 1. The van der Waals surface area contributed by atoms with Crippen LogP contribution in [-0.4, -0.2) is 16.8 Å². The monoisotopic (exact) mass is 246 g/mol. The minimum absolute atomic E-state index is 0.515. The summed E-state index contributed by atoms with van der Waals surface area (Å²) in [6.07, 6.45) is 0.881. The zero-order valence-electron chi connectivity index (χ0n) is 10.7. The molecular weight excluding hydrogens is 228 g/mol. The topological polar surface area (TPSA) is 79.3 Å². The SMILES string of the molecule is CCCC1(C)Oc2ccc(C#N)cc2[C@@H](N)[C@@H]1O. The van der Waals surface area contributed by atoms with Gasteiger partial charge in [0.15, 0.2) is 0 Å². The van der Waals surface area contributed by atoms with Gasteiger partial charge in [0.05, 0.1) is 17.7 Å². The van der Waals surface area contributed by atoms with Crippen LogP contribution in [-0.2, 0) is 0 Å². The van der Waals surface area contributed by atoms with Crippen LogP contribution >= 0.6 is 0 Å². The second kappa shape index (κ2) is 4.60. The van der Waals surface area contributed by atoms with Gasteiger partial charge in [-0.1, -0.05) is 13.3 Å². The second-order valence-electron chi connectivity index (χ2n) is 5.00. The fourth-order valence-corrected chi connectivity index (χ4v) is 2.53. The Kier molecular flexibility index (Phi) is 3.29. The molecule has 4 heteroatoms. The van der Waals surface area contributed by atoms with E-state index < -0.39 is 17.7 Å². The number of aliphatic hydroxyl groups is 1. The Bertz CT molecular complexity index is 495. The first-order valence-corrected chi connectivity index (χ1v) is 6.18. The van der Waals surface area contributed by atoms with Crippen molar-refractivity contribution in [1.82, 2.24) is 0 Å². The third-order valence-electron chi connectivity index (χ3n) is 3.55. The average molecular weight is 246 g/mol. The Balaban J connectivity index is 2.44. The lowest BCUT2D eigenvalue weighted by Crippen LogP contribution is -2.53. The maximum atomic E-state index is 10.3. The summed E-state index contributed by atoms with van der Waals surface area (Å²) in [5.74, 6) is 0.669. The molecule has 0 saturated carbocycles. The largest absolute Gasteiger partial charge is 0.484 e.